The van der Waals surface area contributed by atoms with Crippen molar-refractivity contribution in [2.75, 3.05) is 14.2 Å². The molecule has 0 aliphatic heterocycles. The van der Waals surface area contributed by atoms with Crippen LogP contribution in [0.25, 0.3) is 11.0 Å². The first-order chi connectivity index (χ1) is 18.2. The number of ketones is 1. The zero-order valence-corrected chi connectivity index (χ0v) is 23.8. The summed E-state index contributed by atoms with van der Waals surface area (Å²) in [5, 5.41) is 19.6. The molecule has 1 aromatic carbocycles. The minimum absolute atomic E-state index is 0.0669. The lowest BCUT2D eigenvalue weighted by Gasteiger charge is -2.63. The molecule has 7 nitrogen and oxygen atoms in total. The van der Waals surface area contributed by atoms with Gasteiger partial charge in [-0.2, -0.15) is 0 Å². The Morgan fingerprint density at radius 2 is 1.87 bits per heavy atom. The standard InChI is InChI=1S/C31H45N3O4/c1-6-31-16-15-29(2,36)17-19(31)7-8-20-21-9-10-23(30(21,3)14-13-22(20)31)25(35)18-34-24-11-12-26(37-4)28(38-5)27(24)32-33-34/h11-12,19-23,36H,6-10,13-18H2,1-5H3/t19-,20-,21-,22-,23+,29+,30-,31-/m0/s1. The number of carbonyl (C=O) groups is 1. The van der Waals surface area contributed by atoms with E-state index in [4.69, 9.17) is 9.47 Å². The number of methoxy groups -OCH3 is 2. The van der Waals surface area contributed by atoms with Gasteiger partial charge in [0.05, 0.1) is 25.3 Å². The van der Waals surface area contributed by atoms with Crippen molar-refractivity contribution in [2.45, 2.75) is 97.1 Å². The molecule has 4 aliphatic carbocycles. The van der Waals surface area contributed by atoms with Crippen molar-refractivity contribution in [1.29, 1.82) is 0 Å². The Bertz CT molecular complexity index is 1220. The van der Waals surface area contributed by atoms with E-state index in [1.54, 1.807) is 18.9 Å². The van der Waals surface area contributed by atoms with E-state index in [-0.39, 0.29) is 17.9 Å². The monoisotopic (exact) mass is 523 g/mol. The third-order valence-corrected chi connectivity index (χ3v) is 12.0. The third kappa shape index (κ3) is 3.74. The van der Waals surface area contributed by atoms with Crippen molar-refractivity contribution in [3.63, 3.8) is 0 Å². The Kier molecular flexibility index (Phi) is 6.32. The van der Waals surface area contributed by atoms with Gasteiger partial charge in [-0.25, -0.2) is 4.68 Å². The molecule has 2 aromatic rings. The van der Waals surface area contributed by atoms with Crippen LogP contribution in [-0.4, -0.2) is 45.7 Å². The quantitative estimate of drug-likeness (QED) is 0.514. The average Bonchev–Trinajstić information content (AvgIpc) is 3.47. The van der Waals surface area contributed by atoms with Gasteiger partial charge in [0.1, 0.15) is 6.54 Å². The van der Waals surface area contributed by atoms with Crippen LogP contribution in [-0.2, 0) is 11.3 Å². The number of Topliss-reactive ketones (excluding diaryl/α,β-unsaturated/α-hetero) is 1. The summed E-state index contributed by atoms with van der Waals surface area (Å²) in [6.07, 6.45) is 11.3. The van der Waals surface area contributed by atoms with Gasteiger partial charge in [-0.3, -0.25) is 4.79 Å². The fourth-order valence-electron chi connectivity index (χ4n) is 10.2. The van der Waals surface area contributed by atoms with Crippen LogP contribution in [0.2, 0.25) is 0 Å². The second-order valence-corrected chi connectivity index (χ2v) is 13.5. The van der Waals surface area contributed by atoms with E-state index in [2.05, 4.69) is 31.1 Å². The highest BCUT2D eigenvalue weighted by Gasteiger charge is 2.62. The number of aromatic nitrogens is 3. The number of fused-ring (bicyclic) bond motifs is 6. The lowest BCUT2D eigenvalue weighted by Crippen LogP contribution is -2.56. The predicted octanol–water partition coefficient (Wildman–Crippen LogP) is 5.82. The normalized spacial score (nSPS) is 40.3. The Balaban J connectivity index is 1.23. The maximum atomic E-state index is 13.9. The molecule has 1 N–H and O–H groups in total. The summed E-state index contributed by atoms with van der Waals surface area (Å²) in [6, 6.07) is 3.77. The van der Waals surface area contributed by atoms with Crippen LogP contribution in [0.5, 0.6) is 11.5 Å². The van der Waals surface area contributed by atoms with E-state index in [0.29, 0.717) is 40.0 Å². The highest BCUT2D eigenvalue weighted by Crippen LogP contribution is 2.69. The van der Waals surface area contributed by atoms with Gasteiger partial charge in [0, 0.05) is 5.92 Å². The number of benzene rings is 1. The van der Waals surface area contributed by atoms with E-state index in [1.807, 2.05) is 12.1 Å². The number of hydrogen-bond acceptors (Lipinski definition) is 6. The van der Waals surface area contributed by atoms with Crippen LogP contribution in [0.3, 0.4) is 0 Å². The first-order valence-corrected chi connectivity index (χ1v) is 14.9. The topological polar surface area (TPSA) is 86.5 Å². The van der Waals surface area contributed by atoms with Crippen LogP contribution in [0.15, 0.2) is 12.1 Å². The maximum Gasteiger partial charge on any atom is 0.190 e. The minimum Gasteiger partial charge on any atom is -0.493 e. The Labute approximate surface area is 226 Å². The first-order valence-electron chi connectivity index (χ1n) is 14.9. The molecule has 4 fully saturated rings. The average molecular weight is 524 g/mol. The molecule has 208 valence electrons. The number of carbonyl (C=O) groups excluding carboxylic acids is 1. The largest absolute Gasteiger partial charge is 0.493 e. The summed E-state index contributed by atoms with van der Waals surface area (Å²) in [5.41, 5.74) is 1.39. The Morgan fingerprint density at radius 1 is 1.05 bits per heavy atom. The molecule has 0 bridgehead atoms. The number of rotatable bonds is 6. The van der Waals surface area contributed by atoms with Crippen LogP contribution in [0.1, 0.15) is 85.0 Å². The molecular weight excluding hydrogens is 478 g/mol. The van der Waals surface area contributed by atoms with Gasteiger partial charge in [-0.1, -0.05) is 19.1 Å². The molecule has 0 saturated heterocycles. The minimum atomic E-state index is -0.495. The van der Waals surface area contributed by atoms with Gasteiger partial charge >= 0.3 is 0 Å². The molecule has 7 heteroatoms. The number of nitrogens with zero attached hydrogens (tertiary/aromatic N) is 3. The van der Waals surface area contributed by atoms with Gasteiger partial charge < -0.3 is 14.6 Å². The predicted molar refractivity (Wildman–Crippen MR) is 146 cm³/mol. The van der Waals surface area contributed by atoms with Gasteiger partial charge in [0.15, 0.2) is 22.8 Å². The van der Waals surface area contributed by atoms with Gasteiger partial charge in [0.2, 0.25) is 0 Å². The second kappa shape index (κ2) is 9.21. The molecule has 1 aromatic heterocycles. The summed E-state index contributed by atoms with van der Waals surface area (Å²) < 4.78 is 12.7. The fourth-order valence-corrected chi connectivity index (χ4v) is 10.2. The molecule has 0 radical (unpaired) electrons. The summed E-state index contributed by atoms with van der Waals surface area (Å²) >= 11 is 0. The van der Waals surface area contributed by atoms with E-state index in [1.165, 1.54) is 38.5 Å². The molecule has 38 heavy (non-hydrogen) atoms. The molecule has 6 rings (SSSR count). The number of hydrogen-bond donors (Lipinski definition) is 1. The van der Waals surface area contributed by atoms with Crippen molar-refractivity contribution in [2.24, 2.45) is 40.4 Å². The van der Waals surface area contributed by atoms with Crippen molar-refractivity contribution in [3.8, 4) is 11.5 Å². The smallest absolute Gasteiger partial charge is 0.190 e. The summed E-state index contributed by atoms with van der Waals surface area (Å²) in [5.74, 6) is 4.28. The van der Waals surface area contributed by atoms with E-state index >= 15 is 0 Å². The molecule has 0 spiro atoms. The van der Waals surface area contributed by atoms with E-state index in [0.717, 1.165) is 43.0 Å². The van der Waals surface area contributed by atoms with E-state index < -0.39 is 5.60 Å². The van der Waals surface area contributed by atoms with Crippen LogP contribution >= 0.6 is 0 Å². The molecular formula is C31H45N3O4. The Hall–Kier alpha value is -2.15. The highest BCUT2D eigenvalue weighted by molar-refractivity contribution is 5.87. The molecule has 4 saturated carbocycles. The van der Waals surface area contributed by atoms with Crippen LogP contribution in [0.4, 0.5) is 0 Å². The first kappa shape index (κ1) is 26.1. The lowest BCUT2D eigenvalue weighted by molar-refractivity contribution is -0.158. The molecule has 4 aliphatic rings. The summed E-state index contributed by atoms with van der Waals surface area (Å²) in [7, 11) is 3.21. The number of ether oxygens (including phenoxy) is 2. The van der Waals surface area contributed by atoms with Crippen LogP contribution < -0.4 is 9.47 Å². The SMILES string of the molecule is CC[C@]12CC[C@@](C)(O)C[C@@H]1CC[C@H]1[C@@H]3CC[C@H](C(=O)Cn4nnc5c(OC)c(OC)ccc54)[C@@]3(C)CC[C@@H]12. The molecule has 8 atom stereocenters. The van der Waals surface area contributed by atoms with Crippen molar-refractivity contribution in [1.82, 2.24) is 15.0 Å². The second-order valence-electron chi connectivity index (χ2n) is 13.5. The van der Waals surface area contributed by atoms with Crippen molar-refractivity contribution >= 4 is 16.8 Å². The van der Waals surface area contributed by atoms with Gasteiger partial charge in [-0.05, 0) is 118 Å². The maximum absolute atomic E-state index is 13.9. The van der Waals surface area contributed by atoms with Crippen molar-refractivity contribution in [3.05, 3.63) is 12.1 Å². The summed E-state index contributed by atoms with van der Waals surface area (Å²) in [6.45, 7) is 7.13. The van der Waals surface area contributed by atoms with Gasteiger partial charge in [-0.15, -0.1) is 5.10 Å². The van der Waals surface area contributed by atoms with Gasteiger partial charge in [0.25, 0.3) is 0 Å². The van der Waals surface area contributed by atoms with Crippen molar-refractivity contribution < 1.29 is 19.4 Å². The molecule has 0 unspecified atom stereocenters. The summed E-state index contributed by atoms with van der Waals surface area (Å²) in [4.78, 5) is 13.9. The van der Waals surface area contributed by atoms with Crippen LogP contribution in [0, 0.1) is 40.4 Å². The number of aliphatic hydroxyl groups is 1. The third-order valence-electron chi connectivity index (χ3n) is 12.0. The lowest BCUT2D eigenvalue weighted by atomic mass is 9.42. The zero-order valence-electron chi connectivity index (χ0n) is 23.8. The zero-order chi connectivity index (χ0) is 26.9. The Morgan fingerprint density at radius 3 is 2.61 bits per heavy atom. The molecule has 1 heterocycles. The molecule has 0 amide bonds. The highest BCUT2D eigenvalue weighted by atomic mass is 16.5. The van der Waals surface area contributed by atoms with E-state index in [9.17, 15) is 9.90 Å². The fraction of sp³-hybridized carbons (Fsp3) is 0.774.